The van der Waals surface area contributed by atoms with Crippen LogP contribution in [0.15, 0.2) is 54.7 Å². The number of benzene rings is 2. The lowest BCUT2D eigenvalue weighted by atomic mass is 10.1. The van der Waals surface area contributed by atoms with Crippen LogP contribution in [0.25, 0.3) is 16.9 Å². The summed E-state index contributed by atoms with van der Waals surface area (Å²) < 4.78 is 12.7. The van der Waals surface area contributed by atoms with Crippen molar-refractivity contribution in [2.24, 2.45) is 0 Å². The lowest BCUT2D eigenvalue weighted by Gasteiger charge is -2.06. The molecule has 0 saturated carbocycles. The van der Waals surface area contributed by atoms with E-state index in [-0.39, 0.29) is 6.16 Å². The fourth-order valence-electron chi connectivity index (χ4n) is 2.26. The highest BCUT2D eigenvalue weighted by Crippen LogP contribution is 2.39. The first kappa shape index (κ1) is 15.4. The van der Waals surface area contributed by atoms with Crippen LogP contribution in [0.5, 0.6) is 0 Å². The molecule has 118 valence electrons. The molecule has 0 unspecified atom stereocenters. The fourth-order valence-corrected chi connectivity index (χ4v) is 2.93. The Balaban J connectivity index is 1.91. The number of aromatic nitrogens is 3. The molecular weight excluding hydrogens is 315 g/mol. The maximum Gasteiger partial charge on any atom is 0.329 e. The summed E-state index contributed by atoms with van der Waals surface area (Å²) in [4.78, 5) is 18.2. The Morgan fingerprint density at radius 2 is 1.91 bits per heavy atom. The van der Waals surface area contributed by atoms with Crippen LogP contribution in [0.3, 0.4) is 0 Å². The SMILES string of the molecule is Nc1cccc(-c2cn(-c3cccc(CP(=O)(O)O)c3)nn2)c1. The van der Waals surface area contributed by atoms with Gasteiger partial charge in [0.15, 0.2) is 0 Å². The first-order valence-electron chi connectivity index (χ1n) is 6.83. The third kappa shape index (κ3) is 3.84. The molecule has 0 aliphatic carbocycles. The molecule has 3 rings (SSSR count). The van der Waals surface area contributed by atoms with Crippen LogP contribution in [-0.2, 0) is 10.7 Å². The number of hydrogen-bond donors (Lipinski definition) is 3. The molecule has 0 aliphatic rings. The number of nitrogen functional groups attached to an aromatic ring is 1. The topological polar surface area (TPSA) is 114 Å². The van der Waals surface area contributed by atoms with Gasteiger partial charge in [0.25, 0.3) is 0 Å². The molecule has 23 heavy (non-hydrogen) atoms. The van der Waals surface area contributed by atoms with Gasteiger partial charge in [-0.1, -0.05) is 29.5 Å². The van der Waals surface area contributed by atoms with Crippen LogP contribution in [-0.4, -0.2) is 24.8 Å². The minimum Gasteiger partial charge on any atom is -0.399 e. The van der Waals surface area contributed by atoms with Gasteiger partial charge in [-0.25, -0.2) is 4.68 Å². The van der Waals surface area contributed by atoms with E-state index in [1.165, 1.54) is 0 Å². The molecule has 1 heterocycles. The maximum atomic E-state index is 11.1. The summed E-state index contributed by atoms with van der Waals surface area (Å²) in [5.74, 6) is 0. The number of hydrogen-bond acceptors (Lipinski definition) is 4. The van der Waals surface area contributed by atoms with Crippen molar-refractivity contribution >= 4 is 13.3 Å². The van der Waals surface area contributed by atoms with E-state index in [9.17, 15) is 4.57 Å². The van der Waals surface area contributed by atoms with Crippen molar-refractivity contribution in [3.63, 3.8) is 0 Å². The minimum absolute atomic E-state index is 0.308. The highest BCUT2D eigenvalue weighted by atomic mass is 31.2. The van der Waals surface area contributed by atoms with E-state index in [1.54, 1.807) is 47.3 Å². The molecule has 0 atom stereocenters. The number of anilines is 1. The standard InChI is InChI=1S/C15H15N4O3P/c16-13-5-2-4-12(8-13)15-9-19(18-17-15)14-6-1-3-11(7-14)10-23(20,21)22/h1-9H,10,16H2,(H2,20,21,22). The van der Waals surface area contributed by atoms with Crippen LogP contribution in [0.4, 0.5) is 5.69 Å². The van der Waals surface area contributed by atoms with Crippen molar-refractivity contribution in [3.8, 4) is 16.9 Å². The Morgan fingerprint density at radius 1 is 1.13 bits per heavy atom. The van der Waals surface area contributed by atoms with Gasteiger partial charge >= 0.3 is 7.60 Å². The molecule has 0 saturated heterocycles. The van der Waals surface area contributed by atoms with E-state index >= 15 is 0 Å². The Morgan fingerprint density at radius 3 is 2.65 bits per heavy atom. The molecule has 0 spiro atoms. The molecule has 4 N–H and O–H groups in total. The summed E-state index contributed by atoms with van der Waals surface area (Å²) in [6.07, 6.45) is 1.43. The minimum atomic E-state index is -4.11. The second kappa shape index (κ2) is 5.96. The Labute approximate surface area is 132 Å². The van der Waals surface area contributed by atoms with Crippen molar-refractivity contribution in [3.05, 3.63) is 60.3 Å². The van der Waals surface area contributed by atoms with E-state index in [2.05, 4.69) is 10.3 Å². The van der Waals surface area contributed by atoms with Gasteiger partial charge in [-0.2, -0.15) is 0 Å². The third-order valence-corrected chi connectivity index (χ3v) is 4.02. The van der Waals surface area contributed by atoms with Gasteiger partial charge in [0.2, 0.25) is 0 Å². The first-order valence-corrected chi connectivity index (χ1v) is 8.63. The quantitative estimate of drug-likeness (QED) is 0.499. The van der Waals surface area contributed by atoms with Crippen molar-refractivity contribution in [2.45, 2.75) is 6.16 Å². The second-order valence-electron chi connectivity index (χ2n) is 5.17. The van der Waals surface area contributed by atoms with E-state index in [0.29, 0.717) is 22.6 Å². The van der Waals surface area contributed by atoms with Gasteiger partial charge in [0.1, 0.15) is 5.69 Å². The number of rotatable bonds is 4. The zero-order valence-electron chi connectivity index (χ0n) is 12.1. The summed E-state index contributed by atoms with van der Waals surface area (Å²) in [6.45, 7) is 0. The van der Waals surface area contributed by atoms with E-state index in [4.69, 9.17) is 15.5 Å². The molecule has 3 aromatic rings. The summed E-state index contributed by atoms with van der Waals surface area (Å²) in [5, 5.41) is 8.17. The van der Waals surface area contributed by atoms with Crippen LogP contribution < -0.4 is 5.73 Å². The predicted octanol–water partition coefficient (Wildman–Crippen LogP) is 2.19. The van der Waals surface area contributed by atoms with Crippen molar-refractivity contribution in [2.75, 3.05) is 5.73 Å². The lowest BCUT2D eigenvalue weighted by molar-refractivity contribution is 0.371. The highest BCUT2D eigenvalue weighted by molar-refractivity contribution is 7.50. The largest absolute Gasteiger partial charge is 0.399 e. The Kier molecular flexibility index (Phi) is 4.00. The molecular formula is C15H15N4O3P. The lowest BCUT2D eigenvalue weighted by Crippen LogP contribution is -1.96. The summed E-state index contributed by atoms with van der Waals surface area (Å²) in [7, 11) is -4.11. The average Bonchev–Trinajstić information content (AvgIpc) is 2.95. The van der Waals surface area contributed by atoms with Crippen molar-refractivity contribution < 1.29 is 14.4 Å². The van der Waals surface area contributed by atoms with Crippen molar-refractivity contribution in [1.29, 1.82) is 0 Å². The highest BCUT2D eigenvalue weighted by Gasteiger charge is 2.14. The molecule has 0 amide bonds. The number of nitrogens with zero attached hydrogens (tertiary/aromatic N) is 3. The zero-order chi connectivity index (χ0) is 16.4. The monoisotopic (exact) mass is 330 g/mol. The molecule has 0 bridgehead atoms. The summed E-state index contributed by atoms with van der Waals surface area (Å²) >= 11 is 0. The Bertz CT molecular complexity index is 888. The van der Waals surface area contributed by atoms with Crippen molar-refractivity contribution in [1.82, 2.24) is 15.0 Å². The van der Waals surface area contributed by atoms with Gasteiger partial charge in [0, 0.05) is 11.3 Å². The van der Waals surface area contributed by atoms with Crippen LogP contribution >= 0.6 is 7.60 Å². The summed E-state index contributed by atoms with van der Waals surface area (Å²) in [6, 6.07) is 14.2. The van der Waals surface area contributed by atoms with E-state index < -0.39 is 7.60 Å². The molecule has 7 nitrogen and oxygen atoms in total. The van der Waals surface area contributed by atoms with E-state index in [0.717, 1.165) is 5.56 Å². The molecule has 8 heteroatoms. The average molecular weight is 330 g/mol. The van der Waals surface area contributed by atoms with E-state index in [1.807, 2.05) is 12.1 Å². The third-order valence-electron chi connectivity index (χ3n) is 3.24. The summed E-state index contributed by atoms with van der Waals surface area (Å²) in [5.41, 5.74) is 9.14. The van der Waals surface area contributed by atoms with Gasteiger partial charge in [0.05, 0.1) is 18.0 Å². The van der Waals surface area contributed by atoms with Crippen LogP contribution in [0.1, 0.15) is 5.56 Å². The zero-order valence-corrected chi connectivity index (χ0v) is 13.0. The maximum absolute atomic E-state index is 11.1. The molecule has 2 aromatic carbocycles. The molecule has 0 aliphatic heterocycles. The van der Waals surface area contributed by atoms with Crippen LogP contribution in [0.2, 0.25) is 0 Å². The molecule has 1 aromatic heterocycles. The number of nitrogens with two attached hydrogens (primary N) is 1. The van der Waals surface area contributed by atoms with Crippen LogP contribution in [0, 0.1) is 0 Å². The first-order chi connectivity index (χ1) is 10.9. The van der Waals surface area contributed by atoms with Gasteiger partial charge in [-0.05, 0) is 29.8 Å². The molecule has 0 radical (unpaired) electrons. The normalized spacial score (nSPS) is 11.6. The predicted molar refractivity (Wildman–Crippen MR) is 87.0 cm³/mol. The smallest absolute Gasteiger partial charge is 0.329 e. The fraction of sp³-hybridized carbons (Fsp3) is 0.0667. The molecule has 0 fully saturated rings. The van der Waals surface area contributed by atoms with Gasteiger partial charge in [-0.15, -0.1) is 5.10 Å². The Hall–Kier alpha value is -2.47. The van der Waals surface area contributed by atoms with Gasteiger partial charge in [-0.3, -0.25) is 4.57 Å². The second-order valence-corrected chi connectivity index (χ2v) is 6.81. The van der Waals surface area contributed by atoms with Gasteiger partial charge < -0.3 is 15.5 Å².